The maximum absolute atomic E-state index is 9.38. The van der Waals surface area contributed by atoms with Crippen LogP contribution < -0.4 is 5.32 Å². The van der Waals surface area contributed by atoms with Crippen molar-refractivity contribution >= 4 is 0 Å². The van der Waals surface area contributed by atoms with E-state index in [0.29, 0.717) is 17.7 Å². The van der Waals surface area contributed by atoms with E-state index in [1.54, 1.807) is 12.1 Å². The Morgan fingerprint density at radius 3 is 2.60 bits per heavy atom. The summed E-state index contributed by atoms with van der Waals surface area (Å²) in [6.07, 6.45) is 3.43. The minimum absolute atomic E-state index is 0.341. The Balaban J connectivity index is 1.82. The van der Waals surface area contributed by atoms with Gasteiger partial charge in [-0.25, -0.2) is 0 Å². The van der Waals surface area contributed by atoms with E-state index in [2.05, 4.69) is 36.6 Å². The predicted molar refractivity (Wildman–Crippen MR) is 81.9 cm³/mol. The van der Waals surface area contributed by atoms with Crippen LogP contribution >= 0.6 is 0 Å². The predicted octanol–water partition coefficient (Wildman–Crippen LogP) is 3.46. The Kier molecular flexibility index (Phi) is 3.75. The summed E-state index contributed by atoms with van der Waals surface area (Å²) < 4.78 is 0. The molecule has 0 fully saturated rings. The largest absolute Gasteiger partial charge is 0.508 e. The SMILES string of the molecule is CNC1c2ccccc2CCC1Cc1ccc(O)cc1. The molecule has 1 aliphatic rings. The first-order valence-corrected chi connectivity index (χ1v) is 7.31. The number of aromatic hydroxyl groups is 1. The van der Waals surface area contributed by atoms with E-state index in [1.807, 2.05) is 12.1 Å². The van der Waals surface area contributed by atoms with Crippen LogP contribution in [0.4, 0.5) is 0 Å². The van der Waals surface area contributed by atoms with Crippen molar-refractivity contribution in [2.24, 2.45) is 5.92 Å². The third kappa shape index (κ3) is 2.56. The summed E-state index contributed by atoms with van der Waals surface area (Å²) in [4.78, 5) is 0. The fourth-order valence-electron chi connectivity index (χ4n) is 3.37. The monoisotopic (exact) mass is 267 g/mol. The van der Waals surface area contributed by atoms with Gasteiger partial charge in [-0.15, -0.1) is 0 Å². The molecule has 0 aliphatic heterocycles. The van der Waals surface area contributed by atoms with Gasteiger partial charge in [0.2, 0.25) is 0 Å². The molecule has 3 rings (SSSR count). The molecule has 0 heterocycles. The van der Waals surface area contributed by atoms with Crippen molar-refractivity contribution in [3.8, 4) is 5.75 Å². The maximum Gasteiger partial charge on any atom is 0.115 e. The molecule has 1 aliphatic carbocycles. The summed E-state index contributed by atoms with van der Waals surface area (Å²) >= 11 is 0. The number of benzene rings is 2. The molecule has 0 bridgehead atoms. The number of phenols is 1. The molecule has 104 valence electrons. The van der Waals surface area contributed by atoms with Gasteiger partial charge in [-0.2, -0.15) is 0 Å². The van der Waals surface area contributed by atoms with E-state index >= 15 is 0 Å². The molecule has 2 aromatic rings. The average molecular weight is 267 g/mol. The number of fused-ring (bicyclic) bond motifs is 1. The lowest BCUT2D eigenvalue weighted by atomic mass is 9.77. The number of hydrogen-bond acceptors (Lipinski definition) is 2. The smallest absolute Gasteiger partial charge is 0.115 e. The van der Waals surface area contributed by atoms with E-state index in [0.717, 1.165) is 12.8 Å². The fourth-order valence-corrected chi connectivity index (χ4v) is 3.37. The van der Waals surface area contributed by atoms with Gasteiger partial charge in [0.25, 0.3) is 0 Å². The average Bonchev–Trinajstić information content (AvgIpc) is 2.49. The van der Waals surface area contributed by atoms with Crippen molar-refractivity contribution < 1.29 is 5.11 Å². The highest BCUT2D eigenvalue weighted by atomic mass is 16.3. The fraction of sp³-hybridized carbons (Fsp3) is 0.333. The van der Waals surface area contributed by atoms with Crippen LogP contribution in [0.5, 0.6) is 5.75 Å². The molecule has 0 aromatic heterocycles. The van der Waals surface area contributed by atoms with Crippen LogP contribution in [-0.4, -0.2) is 12.2 Å². The van der Waals surface area contributed by atoms with Crippen LogP contribution in [0.1, 0.15) is 29.2 Å². The molecule has 2 nitrogen and oxygen atoms in total. The van der Waals surface area contributed by atoms with E-state index < -0.39 is 0 Å². The summed E-state index contributed by atoms with van der Waals surface area (Å²) in [5.74, 6) is 0.951. The molecule has 2 heteroatoms. The zero-order valence-corrected chi connectivity index (χ0v) is 11.8. The Hall–Kier alpha value is -1.80. The second-order valence-corrected chi connectivity index (χ2v) is 5.63. The van der Waals surface area contributed by atoms with Gasteiger partial charge in [-0.1, -0.05) is 36.4 Å². The van der Waals surface area contributed by atoms with Gasteiger partial charge in [-0.05, 0) is 61.1 Å². The first-order valence-electron chi connectivity index (χ1n) is 7.31. The summed E-state index contributed by atoms with van der Waals surface area (Å²) in [5, 5.41) is 12.9. The van der Waals surface area contributed by atoms with Crippen LogP contribution in [0.2, 0.25) is 0 Å². The minimum atomic E-state index is 0.341. The molecule has 2 N–H and O–H groups in total. The van der Waals surface area contributed by atoms with Crippen molar-refractivity contribution in [3.63, 3.8) is 0 Å². The van der Waals surface area contributed by atoms with Crippen molar-refractivity contribution in [1.29, 1.82) is 0 Å². The van der Waals surface area contributed by atoms with Gasteiger partial charge < -0.3 is 10.4 Å². The lowest BCUT2D eigenvalue weighted by molar-refractivity contribution is 0.334. The summed E-state index contributed by atoms with van der Waals surface area (Å²) in [6.45, 7) is 0. The van der Waals surface area contributed by atoms with Crippen LogP contribution in [-0.2, 0) is 12.8 Å². The number of aryl methyl sites for hydroxylation is 1. The second kappa shape index (κ2) is 5.68. The van der Waals surface area contributed by atoms with Crippen LogP contribution in [0.25, 0.3) is 0 Å². The number of rotatable bonds is 3. The third-order valence-corrected chi connectivity index (χ3v) is 4.39. The van der Waals surface area contributed by atoms with E-state index in [-0.39, 0.29) is 0 Å². The summed E-state index contributed by atoms with van der Waals surface area (Å²) in [7, 11) is 2.05. The molecular weight excluding hydrogens is 246 g/mol. The first kappa shape index (κ1) is 13.2. The Morgan fingerprint density at radius 1 is 1.10 bits per heavy atom. The highest BCUT2D eigenvalue weighted by Gasteiger charge is 2.28. The van der Waals surface area contributed by atoms with E-state index in [1.165, 1.54) is 23.1 Å². The van der Waals surface area contributed by atoms with Gasteiger partial charge in [0.1, 0.15) is 5.75 Å². The number of nitrogens with one attached hydrogen (secondary N) is 1. The lowest BCUT2D eigenvalue weighted by Crippen LogP contribution is -2.31. The Morgan fingerprint density at radius 2 is 1.85 bits per heavy atom. The maximum atomic E-state index is 9.38. The van der Waals surface area contributed by atoms with Crippen LogP contribution in [0.3, 0.4) is 0 Å². The molecule has 20 heavy (non-hydrogen) atoms. The molecule has 2 aromatic carbocycles. The highest BCUT2D eigenvalue weighted by Crippen LogP contribution is 2.36. The van der Waals surface area contributed by atoms with Crippen molar-refractivity contribution in [1.82, 2.24) is 5.32 Å². The molecular formula is C18H21NO. The molecule has 0 saturated heterocycles. The van der Waals surface area contributed by atoms with Crippen molar-refractivity contribution in [2.75, 3.05) is 7.05 Å². The topological polar surface area (TPSA) is 32.3 Å². The highest BCUT2D eigenvalue weighted by molar-refractivity contribution is 5.34. The van der Waals surface area contributed by atoms with Gasteiger partial charge >= 0.3 is 0 Å². The molecule has 0 saturated carbocycles. The zero-order valence-electron chi connectivity index (χ0n) is 11.8. The summed E-state index contributed by atoms with van der Waals surface area (Å²) in [6, 6.07) is 16.8. The summed E-state index contributed by atoms with van der Waals surface area (Å²) in [5.41, 5.74) is 4.23. The van der Waals surface area contributed by atoms with Crippen molar-refractivity contribution in [2.45, 2.75) is 25.3 Å². The standard InChI is InChI=1S/C18H21NO/c1-19-18-15(12-13-6-10-16(20)11-7-13)9-8-14-4-2-3-5-17(14)18/h2-7,10-11,15,18-20H,8-9,12H2,1H3. The molecule has 2 atom stereocenters. The van der Waals surface area contributed by atoms with E-state index in [4.69, 9.17) is 0 Å². The van der Waals surface area contributed by atoms with Gasteiger partial charge in [0.15, 0.2) is 0 Å². The molecule has 2 unspecified atom stereocenters. The van der Waals surface area contributed by atoms with E-state index in [9.17, 15) is 5.11 Å². The van der Waals surface area contributed by atoms with Crippen LogP contribution in [0, 0.1) is 5.92 Å². The van der Waals surface area contributed by atoms with Gasteiger partial charge in [-0.3, -0.25) is 0 Å². The Labute approximate surface area is 120 Å². The lowest BCUT2D eigenvalue weighted by Gasteiger charge is -2.33. The second-order valence-electron chi connectivity index (χ2n) is 5.63. The number of phenolic OH excluding ortho intramolecular Hbond substituents is 1. The molecule has 0 spiro atoms. The number of hydrogen-bond donors (Lipinski definition) is 2. The Bertz CT molecular complexity index is 576. The van der Waals surface area contributed by atoms with Crippen molar-refractivity contribution in [3.05, 3.63) is 65.2 Å². The van der Waals surface area contributed by atoms with Crippen LogP contribution in [0.15, 0.2) is 48.5 Å². The third-order valence-electron chi connectivity index (χ3n) is 4.39. The minimum Gasteiger partial charge on any atom is -0.508 e. The first-order chi connectivity index (χ1) is 9.78. The normalized spacial score (nSPS) is 21.4. The van der Waals surface area contributed by atoms with Gasteiger partial charge in [0, 0.05) is 6.04 Å². The zero-order chi connectivity index (χ0) is 13.9. The molecule has 0 radical (unpaired) electrons. The molecule has 0 amide bonds. The quantitative estimate of drug-likeness (QED) is 0.892. The van der Waals surface area contributed by atoms with Gasteiger partial charge in [0.05, 0.1) is 0 Å².